The summed E-state index contributed by atoms with van der Waals surface area (Å²) < 4.78 is 22.1. The van der Waals surface area contributed by atoms with Crippen molar-refractivity contribution in [1.82, 2.24) is 4.98 Å². The Kier molecular flexibility index (Phi) is 3.68. The highest BCUT2D eigenvalue weighted by Gasteiger charge is 2.10. The average molecular weight is 228 g/mol. The fraction of sp³-hybridized carbons (Fsp3) is 0.500. The molecular weight excluding hydrogens is 212 g/mol. The number of rotatable bonds is 4. The summed E-state index contributed by atoms with van der Waals surface area (Å²) in [5.41, 5.74) is 1.10. The number of aryl methyl sites for hydroxylation is 1. The zero-order valence-corrected chi connectivity index (χ0v) is 10.0. The Hall–Kier alpha value is -1.10. The monoisotopic (exact) mass is 228 g/mol. The van der Waals surface area contributed by atoms with Crippen LogP contribution in [0.15, 0.2) is 18.3 Å². The standard InChI is InChI=1S/C10H16N2O2S/c1-8-4-5-11-10(6-8)12-9(2)7-15(3,13)14/h4-6,9H,7H2,1-3H3,(H,11,12). The molecule has 1 N–H and O–H groups in total. The quantitative estimate of drug-likeness (QED) is 0.842. The molecule has 1 aromatic rings. The van der Waals surface area contributed by atoms with Crippen molar-refractivity contribution in [3.8, 4) is 0 Å². The number of anilines is 1. The van der Waals surface area contributed by atoms with Crippen molar-refractivity contribution >= 4 is 15.7 Å². The molecule has 0 amide bonds. The van der Waals surface area contributed by atoms with Crippen LogP contribution in [0.2, 0.25) is 0 Å². The number of sulfone groups is 1. The van der Waals surface area contributed by atoms with Crippen LogP contribution in [0.25, 0.3) is 0 Å². The highest BCUT2D eigenvalue weighted by atomic mass is 32.2. The third-order valence-corrected chi connectivity index (χ3v) is 2.97. The second-order valence-corrected chi connectivity index (χ2v) is 6.04. The minimum Gasteiger partial charge on any atom is -0.367 e. The van der Waals surface area contributed by atoms with Crippen LogP contribution in [0.1, 0.15) is 12.5 Å². The molecule has 0 fully saturated rings. The van der Waals surface area contributed by atoms with Gasteiger partial charge in [0, 0.05) is 18.5 Å². The predicted molar refractivity (Wildman–Crippen MR) is 61.8 cm³/mol. The molecule has 0 saturated carbocycles. The van der Waals surface area contributed by atoms with Gasteiger partial charge in [-0.2, -0.15) is 0 Å². The van der Waals surface area contributed by atoms with Gasteiger partial charge in [-0.3, -0.25) is 0 Å². The molecule has 1 unspecified atom stereocenters. The molecule has 0 aliphatic rings. The molecule has 0 bridgehead atoms. The first-order chi connectivity index (χ1) is 6.87. The van der Waals surface area contributed by atoms with Crippen LogP contribution in [0.5, 0.6) is 0 Å². The topological polar surface area (TPSA) is 59.1 Å². The van der Waals surface area contributed by atoms with Gasteiger partial charge < -0.3 is 5.32 Å². The van der Waals surface area contributed by atoms with Crippen LogP contribution < -0.4 is 5.32 Å². The third kappa shape index (κ3) is 4.78. The Labute approximate surface area is 90.7 Å². The van der Waals surface area contributed by atoms with Crippen molar-refractivity contribution in [2.75, 3.05) is 17.3 Å². The molecule has 0 spiro atoms. The summed E-state index contributed by atoms with van der Waals surface area (Å²) in [6.45, 7) is 3.79. The lowest BCUT2D eigenvalue weighted by Gasteiger charge is -2.13. The van der Waals surface area contributed by atoms with Crippen molar-refractivity contribution in [3.63, 3.8) is 0 Å². The summed E-state index contributed by atoms with van der Waals surface area (Å²) in [5.74, 6) is 0.828. The van der Waals surface area contributed by atoms with E-state index in [9.17, 15) is 8.42 Å². The maximum Gasteiger partial charge on any atom is 0.149 e. The van der Waals surface area contributed by atoms with Crippen LogP contribution in [0.3, 0.4) is 0 Å². The number of pyridine rings is 1. The van der Waals surface area contributed by atoms with Gasteiger partial charge in [0.15, 0.2) is 0 Å². The van der Waals surface area contributed by atoms with E-state index in [1.165, 1.54) is 6.26 Å². The Morgan fingerprint density at radius 2 is 2.20 bits per heavy atom. The lowest BCUT2D eigenvalue weighted by Crippen LogP contribution is -2.25. The first-order valence-electron chi connectivity index (χ1n) is 4.74. The fourth-order valence-corrected chi connectivity index (χ4v) is 2.35. The molecule has 0 aliphatic carbocycles. The van der Waals surface area contributed by atoms with Crippen LogP contribution >= 0.6 is 0 Å². The van der Waals surface area contributed by atoms with Crippen molar-refractivity contribution < 1.29 is 8.42 Å². The lowest BCUT2D eigenvalue weighted by molar-refractivity contribution is 0.598. The van der Waals surface area contributed by atoms with Crippen molar-refractivity contribution in [3.05, 3.63) is 23.9 Å². The largest absolute Gasteiger partial charge is 0.367 e. The SMILES string of the molecule is Cc1ccnc(NC(C)CS(C)(=O)=O)c1. The summed E-state index contributed by atoms with van der Waals surface area (Å²) in [6, 6.07) is 3.65. The van der Waals surface area contributed by atoms with E-state index in [-0.39, 0.29) is 11.8 Å². The van der Waals surface area contributed by atoms with Crippen molar-refractivity contribution in [1.29, 1.82) is 0 Å². The van der Waals surface area contributed by atoms with Crippen LogP contribution in [-0.2, 0) is 9.84 Å². The second-order valence-electron chi connectivity index (χ2n) is 3.86. The van der Waals surface area contributed by atoms with E-state index in [0.29, 0.717) is 5.82 Å². The second kappa shape index (κ2) is 4.61. The minimum absolute atomic E-state index is 0.114. The van der Waals surface area contributed by atoms with Gasteiger partial charge in [0.05, 0.1) is 5.75 Å². The summed E-state index contributed by atoms with van der Waals surface area (Å²) >= 11 is 0. The van der Waals surface area contributed by atoms with Gasteiger partial charge in [0.1, 0.15) is 15.7 Å². The Morgan fingerprint density at radius 3 is 2.73 bits per heavy atom. The lowest BCUT2D eigenvalue weighted by atomic mass is 10.3. The summed E-state index contributed by atoms with van der Waals surface area (Å²) in [5, 5.41) is 3.05. The molecule has 1 aromatic heterocycles. The Bertz CT molecular complexity index is 429. The molecule has 5 heteroatoms. The number of hydrogen-bond donors (Lipinski definition) is 1. The van der Waals surface area contributed by atoms with Gasteiger partial charge in [-0.25, -0.2) is 13.4 Å². The maximum atomic E-state index is 11.0. The van der Waals surface area contributed by atoms with Gasteiger partial charge in [0.2, 0.25) is 0 Å². The first-order valence-corrected chi connectivity index (χ1v) is 6.80. The molecule has 1 heterocycles. The van der Waals surface area contributed by atoms with Crippen molar-refractivity contribution in [2.24, 2.45) is 0 Å². The summed E-state index contributed by atoms with van der Waals surface area (Å²) in [6.07, 6.45) is 2.93. The van der Waals surface area contributed by atoms with Gasteiger partial charge in [-0.15, -0.1) is 0 Å². The summed E-state index contributed by atoms with van der Waals surface area (Å²) in [7, 11) is -2.94. The van der Waals surface area contributed by atoms with E-state index in [2.05, 4.69) is 10.3 Å². The highest BCUT2D eigenvalue weighted by Crippen LogP contribution is 2.07. The molecule has 1 rings (SSSR count). The van der Waals surface area contributed by atoms with Gasteiger partial charge in [0.25, 0.3) is 0 Å². The average Bonchev–Trinajstić information content (AvgIpc) is 1.99. The number of nitrogens with zero attached hydrogens (tertiary/aromatic N) is 1. The number of hydrogen-bond acceptors (Lipinski definition) is 4. The number of nitrogens with one attached hydrogen (secondary N) is 1. The molecule has 0 radical (unpaired) electrons. The van der Waals surface area contributed by atoms with Gasteiger partial charge in [-0.05, 0) is 31.5 Å². The molecule has 84 valence electrons. The zero-order valence-electron chi connectivity index (χ0n) is 9.19. The smallest absolute Gasteiger partial charge is 0.149 e. The van der Waals surface area contributed by atoms with E-state index in [4.69, 9.17) is 0 Å². The van der Waals surface area contributed by atoms with Gasteiger partial charge >= 0.3 is 0 Å². The normalized spacial score (nSPS) is 13.5. The molecular formula is C10H16N2O2S. The van der Waals surface area contributed by atoms with Crippen molar-refractivity contribution in [2.45, 2.75) is 19.9 Å². The van der Waals surface area contributed by atoms with Gasteiger partial charge in [-0.1, -0.05) is 0 Å². The molecule has 0 aromatic carbocycles. The van der Waals surface area contributed by atoms with Crippen LogP contribution in [0, 0.1) is 6.92 Å². The zero-order chi connectivity index (χ0) is 11.5. The molecule has 1 atom stereocenters. The molecule has 0 saturated heterocycles. The van der Waals surface area contributed by atoms with E-state index < -0.39 is 9.84 Å². The minimum atomic E-state index is -2.94. The predicted octanol–water partition coefficient (Wildman–Crippen LogP) is 1.24. The first kappa shape index (κ1) is 12.0. The molecule has 0 aliphatic heterocycles. The van der Waals surface area contributed by atoms with E-state index in [1.54, 1.807) is 6.20 Å². The van der Waals surface area contributed by atoms with E-state index in [0.717, 1.165) is 5.56 Å². The Balaban J connectivity index is 2.63. The fourth-order valence-electron chi connectivity index (χ4n) is 1.36. The maximum absolute atomic E-state index is 11.0. The summed E-state index contributed by atoms with van der Waals surface area (Å²) in [4.78, 5) is 4.10. The van der Waals surface area contributed by atoms with Crippen LogP contribution in [-0.4, -0.2) is 31.5 Å². The Morgan fingerprint density at radius 1 is 1.53 bits per heavy atom. The van der Waals surface area contributed by atoms with E-state index >= 15 is 0 Å². The number of aromatic nitrogens is 1. The van der Waals surface area contributed by atoms with E-state index in [1.807, 2.05) is 26.0 Å². The molecule has 15 heavy (non-hydrogen) atoms. The van der Waals surface area contributed by atoms with Crippen LogP contribution in [0.4, 0.5) is 5.82 Å². The third-order valence-electron chi connectivity index (χ3n) is 1.86. The molecule has 4 nitrogen and oxygen atoms in total. The highest BCUT2D eigenvalue weighted by molar-refractivity contribution is 7.90.